The van der Waals surface area contributed by atoms with Crippen molar-refractivity contribution < 1.29 is 13.2 Å². The third-order valence-corrected chi connectivity index (χ3v) is 6.97. The van der Waals surface area contributed by atoms with E-state index in [-0.39, 0.29) is 17.3 Å². The average Bonchev–Trinajstić information content (AvgIpc) is 3.15. The Morgan fingerprint density at radius 3 is 2.42 bits per heavy atom. The van der Waals surface area contributed by atoms with Crippen LogP contribution in [-0.4, -0.2) is 38.8 Å². The molecule has 1 saturated heterocycles. The summed E-state index contributed by atoms with van der Waals surface area (Å²) in [7, 11) is -1.83. The molecule has 0 aromatic heterocycles. The summed E-state index contributed by atoms with van der Waals surface area (Å²) in [4.78, 5) is 14.8. The van der Waals surface area contributed by atoms with E-state index in [1.165, 1.54) is 4.31 Å². The number of hydrogen-bond acceptors (Lipinski definition) is 3. The Kier molecular flexibility index (Phi) is 3.30. The molecule has 0 saturated carbocycles. The van der Waals surface area contributed by atoms with E-state index in [0.29, 0.717) is 13.0 Å². The normalized spacial score (nSPS) is 23.9. The fourth-order valence-electron chi connectivity index (χ4n) is 3.83. The molecule has 2 aromatic carbocycles. The number of fused-ring (bicyclic) bond motifs is 2. The van der Waals surface area contributed by atoms with Crippen LogP contribution in [0.3, 0.4) is 0 Å². The minimum Gasteiger partial charge on any atom is -0.314 e. The number of benzene rings is 2. The third-order valence-electron chi connectivity index (χ3n) is 5.11. The van der Waals surface area contributed by atoms with Crippen molar-refractivity contribution in [3.63, 3.8) is 0 Å². The first-order valence-electron chi connectivity index (χ1n) is 7.90. The Balaban J connectivity index is 1.74. The maximum Gasteiger partial charge on any atom is 0.243 e. The van der Waals surface area contributed by atoms with E-state index < -0.39 is 15.4 Å². The van der Waals surface area contributed by atoms with Crippen molar-refractivity contribution in [2.45, 2.75) is 16.7 Å². The highest BCUT2D eigenvalue weighted by Gasteiger charge is 2.55. The number of likely N-dealkylation sites (N-methyl/N-ethyl adjacent to an activating group) is 1. The van der Waals surface area contributed by atoms with Crippen LogP contribution in [0.1, 0.15) is 12.0 Å². The van der Waals surface area contributed by atoms with Gasteiger partial charge >= 0.3 is 0 Å². The fraction of sp³-hybridized carbons (Fsp3) is 0.278. The number of carbonyl (C=O) groups excluding carboxylic acids is 1. The Bertz CT molecular complexity index is 911. The predicted octanol–water partition coefficient (Wildman–Crippen LogP) is 2.00. The van der Waals surface area contributed by atoms with Gasteiger partial charge in [-0.15, -0.1) is 0 Å². The quantitative estimate of drug-likeness (QED) is 0.839. The van der Waals surface area contributed by atoms with Crippen molar-refractivity contribution in [3.05, 3.63) is 60.2 Å². The molecule has 6 heteroatoms. The molecular weight excluding hydrogens is 324 g/mol. The standard InChI is InChI=1S/C18H18N2O3S/c1-19-16-10-6-5-9-15(16)18(17(19)21)11-12-20(13-18)24(22,23)14-7-3-2-4-8-14/h2-10H,11-13H2,1H3. The summed E-state index contributed by atoms with van der Waals surface area (Å²) >= 11 is 0. The average molecular weight is 342 g/mol. The van der Waals surface area contributed by atoms with E-state index >= 15 is 0 Å². The van der Waals surface area contributed by atoms with Crippen LogP contribution in [0.5, 0.6) is 0 Å². The summed E-state index contributed by atoms with van der Waals surface area (Å²) < 4.78 is 27.2. The summed E-state index contributed by atoms with van der Waals surface area (Å²) in [6.07, 6.45) is 0.513. The maximum absolute atomic E-state index is 12.9. The largest absolute Gasteiger partial charge is 0.314 e. The number of carbonyl (C=O) groups is 1. The van der Waals surface area contributed by atoms with E-state index in [4.69, 9.17) is 0 Å². The summed E-state index contributed by atoms with van der Waals surface area (Å²) in [5.74, 6) is -0.0190. The van der Waals surface area contributed by atoms with Crippen molar-refractivity contribution in [1.29, 1.82) is 0 Å². The van der Waals surface area contributed by atoms with Gasteiger partial charge in [0.05, 0.1) is 10.3 Å². The first-order chi connectivity index (χ1) is 11.5. The summed E-state index contributed by atoms with van der Waals surface area (Å²) in [6, 6.07) is 16.1. The van der Waals surface area contributed by atoms with Crippen LogP contribution in [0.25, 0.3) is 0 Å². The van der Waals surface area contributed by atoms with E-state index in [2.05, 4.69) is 0 Å². The molecule has 1 unspecified atom stereocenters. The van der Waals surface area contributed by atoms with Crippen LogP contribution in [-0.2, 0) is 20.2 Å². The number of nitrogens with zero attached hydrogens (tertiary/aromatic N) is 2. The first-order valence-corrected chi connectivity index (χ1v) is 9.34. The second-order valence-electron chi connectivity index (χ2n) is 6.37. The fourth-order valence-corrected chi connectivity index (χ4v) is 5.35. The molecule has 0 bridgehead atoms. The molecule has 0 radical (unpaired) electrons. The van der Waals surface area contributed by atoms with Crippen LogP contribution in [0.4, 0.5) is 5.69 Å². The number of hydrogen-bond donors (Lipinski definition) is 0. The first kappa shape index (κ1) is 15.4. The lowest BCUT2D eigenvalue weighted by Gasteiger charge is -2.23. The molecule has 1 fully saturated rings. The number of sulfonamides is 1. The number of rotatable bonds is 2. The molecule has 0 aliphatic carbocycles. The lowest BCUT2D eigenvalue weighted by Crippen LogP contribution is -2.42. The van der Waals surface area contributed by atoms with Crippen LogP contribution in [0, 0.1) is 0 Å². The lowest BCUT2D eigenvalue weighted by molar-refractivity contribution is -0.122. The van der Waals surface area contributed by atoms with Crippen molar-refractivity contribution >= 4 is 21.6 Å². The highest BCUT2D eigenvalue weighted by atomic mass is 32.2. The topological polar surface area (TPSA) is 57.7 Å². The second kappa shape index (κ2) is 5.16. The molecule has 1 spiro atoms. The predicted molar refractivity (Wildman–Crippen MR) is 91.3 cm³/mol. The lowest BCUT2D eigenvalue weighted by atomic mass is 9.81. The zero-order valence-corrected chi connectivity index (χ0v) is 14.2. The van der Waals surface area contributed by atoms with Crippen LogP contribution >= 0.6 is 0 Å². The molecule has 4 rings (SSSR count). The van der Waals surface area contributed by atoms with Crippen molar-refractivity contribution in [2.75, 3.05) is 25.0 Å². The molecule has 2 aliphatic rings. The van der Waals surface area contributed by atoms with E-state index in [0.717, 1.165) is 11.3 Å². The molecule has 1 amide bonds. The number of para-hydroxylation sites is 1. The highest BCUT2D eigenvalue weighted by Crippen LogP contribution is 2.47. The Morgan fingerprint density at radius 1 is 1.00 bits per heavy atom. The molecule has 0 N–H and O–H groups in total. The van der Waals surface area contributed by atoms with Crippen LogP contribution < -0.4 is 4.90 Å². The van der Waals surface area contributed by atoms with Gasteiger partial charge in [-0.05, 0) is 30.2 Å². The SMILES string of the molecule is CN1C(=O)C2(CCN(S(=O)(=O)c3ccccc3)C2)c2ccccc21. The Morgan fingerprint density at radius 2 is 1.67 bits per heavy atom. The van der Waals surface area contributed by atoms with Gasteiger partial charge in [0.25, 0.3) is 0 Å². The Hall–Kier alpha value is -2.18. The molecule has 24 heavy (non-hydrogen) atoms. The van der Waals surface area contributed by atoms with E-state index in [1.807, 2.05) is 24.3 Å². The number of amides is 1. The van der Waals surface area contributed by atoms with E-state index in [9.17, 15) is 13.2 Å². The van der Waals surface area contributed by atoms with Gasteiger partial charge in [-0.25, -0.2) is 8.42 Å². The minimum atomic E-state index is -3.58. The maximum atomic E-state index is 12.9. The molecule has 2 aromatic rings. The van der Waals surface area contributed by atoms with Crippen molar-refractivity contribution in [1.82, 2.24) is 4.31 Å². The number of anilines is 1. The molecule has 2 heterocycles. The molecule has 2 aliphatic heterocycles. The Labute approximate surface area is 141 Å². The summed E-state index contributed by atoms with van der Waals surface area (Å²) in [5.41, 5.74) is 1.05. The minimum absolute atomic E-state index is 0.0190. The zero-order chi connectivity index (χ0) is 16.9. The zero-order valence-electron chi connectivity index (χ0n) is 13.3. The third kappa shape index (κ3) is 1.96. The van der Waals surface area contributed by atoms with Crippen molar-refractivity contribution in [2.24, 2.45) is 0 Å². The molecule has 124 valence electrons. The highest BCUT2D eigenvalue weighted by molar-refractivity contribution is 7.89. The summed E-state index contributed by atoms with van der Waals surface area (Å²) in [6.45, 7) is 0.551. The van der Waals surface area contributed by atoms with Crippen LogP contribution in [0.15, 0.2) is 59.5 Å². The second-order valence-corrected chi connectivity index (χ2v) is 8.30. The molecule has 5 nitrogen and oxygen atoms in total. The smallest absolute Gasteiger partial charge is 0.243 e. The van der Waals surface area contributed by atoms with Gasteiger partial charge in [-0.1, -0.05) is 36.4 Å². The van der Waals surface area contributed by atoms with Gasteiger partial charge in [0, 0.05) is 25.8 Å². The van der Waals surface area contributed by atoms with Crippen molar-refractivity contribution in [3.8, 4) is 0 Å². The summed E-state index contributed by atoms with van der Waals surface area (Å²) in [5, 5.41) is 0. The van der Waals surface area contributed by atoms with Gasteiger partial charge in [0.1, 0.15) is 0 Å². The van der Waals surface area contributed by atoms with Gasteiger partial charge in [-0.3, -0.25) is 4.79 Å². The monoisotopic (exact) mass is 342 g/mol. The van der Waals surface area contributed by atoms with Crippen LogP contribution in [0.2, 0.25) is 0 Å². The van der Waals surface area contributed by atoms with Gasteiger partial charge in [-0.2, -0.15) is 4.31 Å². The van der Waals surface area contributed by atoms with E-state index in [1.54, 1.807) is 42.3 Å². The molecule has 1 atom stereocenters. The van der Waals surface area contributed by atoms with Gasteiger partial charge in [0.2, 0.25) is 15.9 Å². The van der Waals surface area contributed by atoms with Gasteiger partial charge < -0.3 is 4.90 Å². The molecular formula is C18H18N2O3S. The van der Waals surface area contributed by atoms with Gasteiger partial charge in [0.15, 0.2) is 0 Å².